The highest BCUT2D eigenvalue weighted by Gasteiger charge is 2.07. The lowest BCUT2D eigenvalue weighted by Crippen LogP contribution is -2.05. The van der Waals surface area contributed by atoms with Gasteiger partial charge in [-0.25, -0.2) is 0 Å². The third-order valence-electron chi connectivity index (χ3n) is 3.35. The van der Waals surface area contributed by atoms with E-state index in [4.69, 9.17) is 10.00 Å². The van der Waals surface area contributed by atoms with E-state index >= 15 is 0 Å². The molecular formula is C17H17BrN2O. The fraction of sp³-hybridized carbons (Fsp3) is 0.235. The molecule has 1 N–H and O–H groups in total. The lowest BCUT2D eigenvalue weighted by molar-refractivity contribution is 0.185. The van der Waals surface area contributed by atoms with Crippen LogP contribution in [0.3, 0.4) is 0 Å². The average molecular weight is 345 g/mol. The van der Waals surface area contributed by atoms with Crippen LogP contribution >= 0.6 is 15.9 Å². The predicted molar refractivity (Wildman–Crippen MR) is 88.1 cm³/mol. The first-order chi connectivity index (χ1) is 10.2. The van der Waals surface area contributed by atoms with E-state index in [1.807, 2.05) is 43.3 Å². The second-order valence-electron chi connectivity index (χ2n) is 4.81. The van der Waals surface area contributed by atoms with E-state index in [0.717, 1.165) is 21.3 Å². The zero-order valence-corrected chi connectivity index (χ0v) is 13.7. The highest BCUT2D eigenvalue weighted by atomic mass is 79.9. The Hall–Kier alpha value is -1.83. The molecule has 2 rings (SSSR count). The summed E-state index contributed by atoms with van der Waals surface area (Å²) in [6.45, 7) is 3.29. The van der Waals surface area contributed by atoms with Crippen molar-refractivity contribution in [3.63, 3.8) is 0 Å². The quantitative estimate of drug-likeness (QED) is 0.874. The Labute approximate surface area is 133 Å². The third kappa shape index (κ3) is 3.84. The Kier molecular flexibility index (Phi) is 5.38. The van der Waals surface area contributed by atoms with Gasteiger partial charge in [0.15, 0.2) is 0 Å². The van der Waals surface area contributed by atoms with E-state index in [9.17, 15) is 0 Å². The van der Waals surface area contributed by atoms with Crippen molar-refractivity contribution in [2.24, 2.45) is 0 Å². The number of rotatable bonds is 5. The summed E-state index contributed by atoms with van der Waals surface area (Å²) in [5.41, 5.74) is 5.14. The van der Waals surface area contributed by atoms with Gasteiger partial charge in [0.05, 0.1) is 18.2 Å². The number of benzene rings is 2. The van der Waals surface area contributed by atoms with Gasteiger partial charge < -0.3 is 10.1 Å². The molecule has 0 amide bonds. The minimum atomic E-state index is 0.552. The van der Waals surface area contributed by atoms with E-state index in [1.165, 1.54) is 5.56 Å². The van der Waals surface area contributed by atoms with Gasteiger partial charge in [-0.3, -0.25) is 0 Å². The van der Waals surface area contributed by atoms with Gasteiger partial charge in [0, 0.05) is 29.4 Å². The van der Waals surface area contributed by atoms with Gasteiger partial charge in [0.1, 0.15) is 0 Å². The number of anilines is 1. The van der Waals surface area contributed by atoms with Gasteiger partial charge >= 0.3 is 0 Å². The van der Waals surface area contributed by atoms with E-state index in [2.05, 4.69) is 27.3 Å². The van der Waals surface area contributed by atoms with Crippen molar-refractivity contribution in [2.45, 2.75) is 20.1 Å². The maximum absolute atomic E-state index is 8.90. The van der Waals surface area contributed by atoms with Gasteiger partial charge in [-0.1, -0.05) is 28.1 Å². The predicted octanol–water partition coefficient (Wildman–Crippen LogP) is 4.39. The number of hydrogen-bond donors (Lipinski definition) is 1. The molecule has 108 valence electrons. The van der Waals surface area contributed by atoms with Gasteiger partial charge in [0.25, 0.3) is 0 Å². The molecule has 0 aliphatic carbocycles. The highest BCUT2D eigenvalue weighted by Crippen LogP contribution is 2.26. The van der Waals surface area contributed by atoms with E-state index in [0.29, 0.717) is 18.7 Å². The standard InChI is InChI=1S/C17H17BrN2O/c1-12-8-13(9-19)6-7-14(12)10-20-17-5-3-4-16(18)15(17)11-21-2/h3-8,20H,10-11H2,1-2H3. The number of methoxy groups -OCH3 is 1. The fourth-order valence-electron chi connectivity index (χ4n) is 2.17. The number of nitriles is 1. The van der Waals surface area contributed by atoms with Crippen LogP contribution in [0.1, 0.15) is 22.3 Å². The summed E-state index contributed by atoms with van der Waals surface area (Å²) in [5.74, 6) is 0. The van der Waals surface area contributed by atoms with Crippen molar-refractivity contribution in [3.05, 3.63) is 63.1 Å². The molecule has 0 atom stereocenters. The first kappa shape index (κ1) is 15.6. The van der Waals surface area contributed by atoms with E-state index < -0.39 is 0 Å². The molecule has 2 aromatic rings. The molecule has 0 bridgehead atoms. The Morgan fingerprint density at radius 3 is 2.76 bits per heavy atom. The molecule has 0 fully saturated rings. The summed E-state index contributed by atoms with van der Waals surface area (Å²) in [6.07, 6.45) is 0. The molecule has 0 saturated carbocycles. The molecular weight excluding hydrogens is 328 g/mol. The number of hydrogen-bond acceptors (Lipinski definition) is 3. The van der Waals surface area contributed by atoms with E-state index in [-0.39, 0.29) is 0 Å². The Balaban J connectivity index is 2.17. The number of nitrogens with one attached hydrogen (secondary N) is 1. The molecule has 21 heavy (non-hydrogen) atoms. The maximum Gasteiger partial charge on any atom is 0.0991 e. The molecule has 4 heteroatoms. The number of nitrogens with zero attached hydrogens (tertiary/aromatic N) is 1. The zero-order chi connectivity index (χ0) is 15.2. The Morgan fingerprint density at radius 1 is 1.29 bits per heavy atom. The molecule has 0 radical (unpaired) electrons. The van der Waals surface area contributed by atoms with Crippen LogP contribution in [0, 0.1) is 18.3 Å². The largest absolute Gasteiger partial charge is 0.381 e. The number of aryl methyl sites for hydroxylation is 1. The monoisotopic (exact) mass is 344 g/mol. The minimum Gasteiger partial charge on any atom is -0.381 e. The van der Waals surface area contributed by atoms with E-state index in [1.54, 1.807) is 7.11 Å². The van der Waals surface area contributed by atoms with Crippen LogP contribution in [-0.2, 0) is 17.9 Å². The summed E-state index contributed by atoms with van der Waals surface area (Å²) in [5, 5.41) is 12.3. The van der Waals surface area contributed by atoms with Gasteiger partial charge in [-0.2, -0.15) is 5.26 Å². The summed E-state index contributed by atoms with van der Waals surface area (Å²) in [6, 6.07) is 14.0. The molecule has 2 aromatic carbocycles. The minimum absolute atomic E-state index is 0.552. The zero-order valence-electron chi connectivity index (χ0n) is 12.1. The van der Waals surface area contributed by atoms with Gasteiger partial charge in [0.2, 0.25) is 0 Å². The van der Waals surface area contributed by atoms with Crippen LogP contribution < -0.4 is 5.32 Å². The molecule has 0 aliphatic rings. The Morgan fingerprint density at radius 2 is 2.10 bits per heavy atom. The Bertz CT molecular complexity index is 677. The third-order valence-corrected chi connectivity index (χ3v) is 4.09. The lowest BCUT2D eigenvalue weighted by atomic mass is 10.1. The average Bonchev–Trinajstić information content (AvgIpc) is 2.49. The normalized spacial score (nSPS) is 10.2. The summed E-state index contributed by atoms with van der Waals surface area (Å²) >= 11 is 3.55. The van der Waals surface area contributed by atoms with Crippen LogP contribution in [0.4, 0.5) is 5.69 Å². The van der Waals surface area contributed by atoms with Crippen molar-refractivity contribution in [1.29, 1.82) is 5.26 Å². The molecule has 0 aliphatic heterocycles. The van der Waals surface area contributed by atoms with Crippen molar-refractivity contribution in [3.8, 4) is 6.07 Å². The second-order valence-corrected chi connectivity index (χ2v) is 5.66. The molecule has 0 heterocycles. The molecule has 0 aromatic heterocycles. The molecule has 0 saturated heterocycles. The molecule has 0 unspecified atom stereocenters. The maximum atomic E-state index is 8.90. The lowest BCUT2D eigenvalue weighted by Gasteiger charge is -2.14. The van der Waals surface area contributed by atoms with Gasteiger partial charge in [-0.15, -0.1) is 0 Å². The molecule has 3 nitrogen and oxygen atoms in total. The van der Waals surface area contributed by atoms with Crippen molar-refractivity contribution < 1.29 is 4.74 Å². The van der Waals surface area contributed by atoms with Crippen molar-refractivity contribution in [1.82, 2.24) is 0 Å². The van der Waals surface area contributed by atoms with Crippen LogP contribution in [0.5, 0.6) is 0 Å². The SMILES string of the molecule is COCc1c(Br)cccc1NCc1ccc(C#N)cc1C. The topological polar surface area (TPSA) is 45.0 Å². The van der Waals surface area contributed by atoms with Crippen molar-refractivity contribution in [2.75, 3.05) is 12.4 Å². The first-order valence-electron chi connectivity index (χ1n) is 6.65. The van der Waals surface area contributed by atoms with Crippen LogP contribution in [0.2, 0.25) is 0 Å². The second kappa shape index (κ2) is 7.26. The van der Waals surface area contributed by atoms with Crippen LogP contribution in [0.25, 0.3) is 0 Å². The highest BCUT2D eigenvalue weighted by molar-refractivity contribution is 9.10. The van der Waals surface area contributed by atoms with Crippen LogP contribution in [0.15, 0.2) is 40.9 Å². The molecule has 0 spiro atoms. The number of halogens is 1. The first-order valence-corrected chi connectivity index (χ1v) is 7.45. The van der Waals surface area contributed by atoms with Crippen LogP contribution in [-0.4, -0.2) is 7.11 Å². The van der Waals surface area contributed by atoms with Gasteiger partial charge in [-0.05, 0) is 42.3 Å². The summed E-state index contributed by atoms with van der Waals surface area (Å²) in [7, 11) is 1.69. The smallest absolute Gasteiger partial charge is 0.0991 e. The summed E-state index contributed by atoms with van der Waals surface area (Å²) < 4.78 is 6.28. The van der Waals surface area contributed by atoms with Crippen molar-refractivity contribution >= 4 is 21.6 Å². The fourth-order valence-corrected chi connectivity index (χ4v) is 2.65. The number of ether oxygens (including phenoxy) is 1. The summed E-state index contributed by atoms with van der Waals surface area (Å²) in [4.78, 5) is 0.